The van der Waals surface area contributed by atoms with Crippen LogP contribution in [0.15, 0.2) is 46.4 Å². The maximum Gasteiger partial charge on any atom is 0.363 e. The summed E-state index contributed by atoms with van der Waals surface area (Å²) in [5.74, 6) is -0.322. The number of thiophene rings is 1. The molecule has 1 aromatic heterocycles. The van der Waals surface area contributed by atoms with Crippen LogP contribution in [0.25, 0.3) is 6.08 Å². The van der Waals surface area contributed by atoms with Gasteiger partial charge in [-0.3, -0.25) is 10.1 Å². The molecule has 0 fully saturated rings. The van der Waals surface area contributed by atoms with Gasteiger partial charge in [0, 0.05) is 6.07 Å². The fourth-order valence-electron chi connectivity index (χ4n) is 1.83. The van der Waals surface area contributed by atoms with Crippen LogP contribution < -0.4 is 0 Å². The number of aliphatic imine (C=N–C) groups is 1. The highest BCUT2D eigenvalue weighted by Crippen LogP contribution is 2.27. The maximum absolute atomic E-state index is 11.8. The summed E-state index contributed by atoms with van der Waals surface area (Å²) in [6, 6.07) is 7.79. The molecule has 110 valence electrons. The third kappa shape index (κ3) is 2.76. The first-order valence-corrected chi connectivity index (χ1v) is 7.31. The van der Waals surface area contributed by atoms with Crippen LogP contribution in [0.1, 0.15) is 10.4 Å². The summed E-state index contributed by atoms with van der Waals surface area (Å²) in [4.78, 5) is 26.8. The number of rotatable bonds is 3. The number of nitrogens with zero attached hydrogens (tertiary/aromatic N) is 2. The van der Waals surface area contributed by atoms with E-state index in [1.54, 1.807) is 6.07 Å². The minimum atomic E-state index is -0.573. The minimum Gasteiger partial charge on any atom is -0.401 e. The Morgan fingerprint density at radius 1 is 1.36 bits per heavy atom. The van der Waals surface area contributed by atoms with Crippen LogP contribution >= 0.6 is 22.9 Å². The van der Waals surface area contributed by atoms with Crippen LogP contribution in [0, 0.1) is 10.1 Å². The number of nitro benzene ring substituents is 1. The van der Waals surface area contributed by atoms with E-state index < -0.39 is 10.9 Å². The molecule has 0 N–H and O–H groups in total. The summed E-state index contributed by atoms with van der Waals surface area (Å²) in [5.41, 5.74) is 0.452. The van der Waals surface area contributed by atoms with E-state index in [-0.39, 0.29) is 22.3 Å². The second kappa shape index (κ2) is 5.70. The number of cyclic esters (lactones) is 1. The summed E-state index contributed by atoms with van der Waals surface area (Å²) in [6.45, 7) is 0. The predicted octanol–water partition coefficient (Wildman–Crippen LogP) is 3.65. The average Bonchev–Trinajstić information content (AvgIpc) is 3.09. The van der Waals surface area contributed by atoms with E-state index >= 15 is 0 Å². The lowest BCUT2D eigenvalue weighted by atomic mass is 10.2. The zero-order valence-corrected chi connectivity index (χ0v) is 12.4. The molecule has 0 saturated carbocycles. The smallest absolute Gasteiger partial charge is 0.363 e. The Balaban J connectivity index is 1.93. The molecular formula is C14H7ClN2O4S. The molecule has 2 aromatic rings. The van der Waals surface area contributed by atoms with Crippen LogP contribution in [-0.2, 0) is 9.53 Å². The Morgan fingerprint density at radius 2 is 2.18 bits per heavy atom. The molecule has 1 aromatic carbocycles. The lowest BCUT2D eigenvalue weighted by Crippen LogP contribution is -2.03. The number of halogens is 1. The molecule has 0 radical (unpaired) electrons. The van der Waals surface area contributed by atoms with Crippen LogP contribution in [0.2, 0.25) is 5.02 Å². The van der Waals surface area contributed by atoms with Crippen molar-refractivity contribution in [3.8, 4) is 0 Å². The molecular weight excluding hydrogens is 328 g/mol. The molecule has 0 atom stereocenters. The van der Waals surface area contributed by atoms with E-state index in [9.17, 15) is 14.9 Å². The van der Waals surface area contributed by atoms with Gasteiger partial charge in [0.25, 0.3) is 5.69 Å². The Bertz CT molecular complexity index is 827. The number of carbonyl (C=O) groups is 1. The van der Waals surface area contributed by atoms with Crippen LogP contribution in [0.3, 0.4) is 0 Å². The van der Waals surface area contributed by atoms with Crippen LogP contribution in [0.4, 0.5) is 5.69 Å². The number of ether oxygens (including phenoxy) is 1. The SMILES string of the molecule is O=C1OC(c2cccs2)=N/C1=C\c1ccc([N+](=O)[O-])c(Cl)c1. The van der Waals surface area contributed by atoms with Crippen molar-refractivity contribution >= 4 is 46.6 Å². The number of benzene rings is 1. The molecule has 0 saturated heterocycles. The van der Waals surface area contributed by atoms with Gasteiger partial charge in [-0.2, -0.15) is 0 Å². The summed E-state index contributed by atoms with van der Waals surface area (Å²) >= 11 is 7.24. The van der Waals surface area contributed by atoms with E-state index in [2.05, 4.69) is 4.99 Å². The van der Waals surface area contributed by atoms with Crippen molar-refractivity contribution in [2.24, 2.45) is 4.99 Å². The molecule has 2 heterocycles. The fraction of sp³-hybridized carbons (Fsp3) is 0. The molecule has 1 aliphatic heterocycles. The summed E-state index contributed by atoms with van der Waals surface area (Å²) in [6.07, 6.45) is 1.47. The zero-order valence-electron chi connectivity index (χ0n) is 10.9. The number of esters is 1. The normalized spacial score (nSPS) is 15.8. The van der Waals surface area contributed by atoms with Gasteiger partial charge in [-0.05, 0) is 35.2 Å². The highest BCUT2D eigenvalue weighted by atomic mass is 35.5. The Hall–Kier alpha value is -2.51. The van der Waals surface area contributed by atoms with Crippen molar-refractivity contribution in [3.05, 3.63) is 67.0 Å². The highest BCUT2D eigenvalue weighted by molar-refractivity contribution is 7.12. The predicted molar refractivity (Wildman–Crippen MR) is 83.0 cm³/mol. The summed E-state index contributed by atoms with van der Waals surface area (Å²) in [5, 5.41) is 12.6. The zero-order chi connectivity index (χ0) is 15.7. The largest absolute Gasteiger partial charge is 0.401 e. The van der Waals surface area contributed by atoms with Gasteiger partial charge in [0.05, 0.1) is 9.80 Å². The average molecular weight is 335 g/mol. The third-order valence-electron chi connectivity index (χ3n) is 2.82. The first-order chi connectivity index (χ1) is 10.5. The molecule has 0 spiro atoms. The molecule has 0 amide bonds. The van der Waals surface area contributed by atoms with E-state index in [0.717, 1.165) is 4.88 Å². The fourth-order valence-corrected chi connectivity index (χ4v) is 2.74. The molecule has 0 aliphatic carbocycles. The van der Waals surface area contributed by atoms with Crippen molar-refractivity contribution < 1.29 is 14.5 Å². The maximum atomic E-state index is 11.8. The second-order valence-electron chi connectivity index (χ2n) is 4.28. The first kappa shape index (κ1) is 14.4. The number of hydrogen-bond donors (Lipinski definition) is 0. The topological polar surface area (TPSA) is 81.8 Å². The molecule has 0 bridgehead atoms. The van der Waals surface area contributed by atoms with Crippen LogP contribution in [-0.4, -0.2) is 16.8 Å². The molecule has 8 heteroatoms. The van der Waals surface area contributed by atoms with Gasteiger partial charge in [-0.25, -0.2) is 9.79 Å². The van der Waals surface area contributed by atoms with Crippen molar-refractivity contribution in [2.45, 2.75) is 0 Å². The summed E-state index contributed by atoms with van der Waals surface area (Å²) in [7, 11) is 0. The van der Waals surface area contributed by atoms with E-state index in [4.69, 9.17) is 16.3 Å². The van der Waals surface area contributed by atoms with E-state index in [0.29, 0.717) is 5.56 Å². The van der Waals surface area contributed by atoms with Gasteiger partial charge in [0.15, 0.2) is 5.70 Å². The standard InChI is InChI=1S/C14H7ClN2O4S/c15-9-6-8(3-4-11(9)17(19)20)7-10-14(18)21-13(16-10)12-2-1-5-22-12/h1-7H/b10-7-. The van der Waals surface area contributed by atoms with Gasteiger partial charge in [-0.1, -0.05) is 17.7 Å². The van der Waals surface area contributed by atoms with Crippen molar-refractivity contribution in [1.82, 2.24) is 0 Å². The van der Waals surface area contributed by atoms with Gasteiger partial charge < -0.3 is 4.74 Å². The number of hydrogen-bond acceptors (Lipinski definition) is 6. The minimum absolute atomic E-state index is 0.00632. The van der Waals surface area contributed by atoms with Crippen molar-refractivity contribution in [1.29, 1.82) is 0 Å². The quantitative estimate of drug-likeness (QED) is 0.371. The first-order valence-electron chi connectivity index (χ1n) is 6.05. The Kier molecular flexibility index (Phi) is 3.74. The molecule has 3 rings (SSSR count). The lowest BCUT2D eigenvalue weighted by molar-refractivity contribution is -0.384. The van der Waals surface area contributed by atoms with E-state index in [1.807, 2.05) is 11.4 Å². The molecule has 1 aliphatic rings. The monoisotopic (exact) mass is 334 g/mol. The molecule has 22 heavy (non-hydrogen) atoms. The van der Waals surface area contributed by atoms with Crippen molar-refractivity contribution in [3.63, 3.8) is 0 Å². The number of carbonyl (C=O) groups excluding carboxylic acids is 1. The number of nitro groups is 1. The van der Waals surface area contributed by atoms with Gasteiger partial charge in [-0.15, -0.1) is 11.3 Å². The third-order valence-corrected chi connectivity index (χ3v) is 3.98. The Morgan fingerprint density at radius 3 is 2.82 bits per heavy atom. The molecule has 0 unspecified atom stereocenters. The second-order valence-corrected chi connectivity index (χ2v) is 5.64. The molecule has 6 nitrogen and oxygen atoms in total. The van der Waals surface area contributed by atoms with Gasteiger partial charge >= 0.3 is 5.97 Å². The lowest BCUT2D eigenvalue weighted by Gasteiger charge is -1.97. The summed E-state index contributed by atoms with van der Waals surface area (Å²) < 4.78 is 5.09. The van der Waals surface area contributed by atoms with Gasteiger partial charge in [0.2, 0.25) is 5.90 Å². The van der Waals surface area contributed by atoms with Crippen LogP contribution in [0.5, 0.6) is 0 Å². The van der Waals surface area contributed by atoms with Crippen molar-refractivity contribution in [2.75, 3.05) is 0 Å². The Labute approximate surface area is 133 Å². The van der Waals surface area contributed by atoms with Gasteiger partial charge in [0.1, 0.15) is 5.02 Å². The van der Waals surface area contributed by atoms with E-state index in [1.165, 1.54) is 35.6 Å². The highest BCUT2D eigenvalue weighted by Gasteiger charge is 2.24.